The number of hydrogen-bond donors (Lipinski definition) is 2. The van der Waals surface area contributed by atoms with Gasteiger partial charge in [-0.2, -0.15) is 0 Å². The van der Waals surface area contributed by atoms with E-state index in [9.17, 15) is 19.0 Å². The number of phosphoric ester groups is 1. The first kappa shape index (κ1) is 75.4. The Bertz CT molecular complexity index is 1770. The van der Waals surface area contributed by atoms with Gasteiger partial charge < -0.3 is 19.4 Å². The lowest BCUT2D eigenvalue weighted by Gasteiger charge is -2.27. The molecule has 0 aliphatic carbocycles. The molecule has 0 aliphatic heterocycles. The number of carbonyl (C=O) groups is 2. The van der Waals surface area contributed by atoms with E-state index in [2.05, 4.69) is 135 Å². The molecule has 0 radical (unpaired) electrons. The summed E-state index contributed by atoms with van der Waals surface area (Å²) in [6, 6.07) is -0.874. The van der Waals surface area contributed by atoms with Gasteiger partial charge in [0.25, 0.3) is 0 Å². The number of nitrogens with zero attached hydrogens (tertiary/aromatic N) is 1. The first-order chi connectivity index (χ1) is 38.4. The fraction of sp³-hybridized carbons (Fsp3) is 0.681. The molecule has 0 aromatic rings. The van der Waals surface area contributed by atoms with E-state index in [0.717, 1.165) is 141 Å². The highest BCUT2D eigenvalue weighted by Crippen LogP contribution is 2.43. The normalized spacial score (nSPS) is 14.5. The predicted molar refractivity (Wildman–Crippen MR) is 341 cm³/mol. The molecule has 0 spiro atoms. The first-order valence-electron chi connectivity index (χ1n) is 31.9. The van der Waals surface area contributed by atoms with E-state index < -0.39 is 20.0 Å². The van der Waals surface area contributed by atoms with Crippen LogP contribution in [0.3, 0.4) is 0 Å². The molecule has 0 heterocycles. The molecule has 0 aromatic heterocycles. The maximum Gasteiger partial charge on any atom is 0.472 e. The maximum absolute atomic E-state index is 13.6. The van der Waals surface area contributed by atoms with E-state index in [1.807, 2.05) is 33.3 Å². The molecule has 3 unspecified atom stereocenters. The summed E-state index contributed by atoms with van der Waals surface area (Å²) in [6.45, 7) is 6.82. The van der Waals surface area contributed by atoms with Crippen molar-refractivity contribution in [3.05, 3.63) is 122 Å². The monoisotopic (exact) mass is 1120 g/mol. The fourth-order valence-corrected chi connectivity index (χ4v) is 9.21. The Balaban J connectivity index is 5.23. The molecule has 0 saturated heterocycles. The minimum atomic E-state index is -4.47. The van der Waals surface area contributed by atoms with E-state index >= 15 is 0 Å². The van der Waals surface area contributed by atoms with Crippen LogP contribution in [0, 0.1) is 0 Å². The van der Waals surface area contributed by atoms with E-state index in [1.165, 1.54) is 70.6 Å². The van der Waals surface area contributed by atoms with Gasteiger partial charge in [0.15, 0.2) is 0 Å². The number of phosphoric acid groups is 1. The van der Waals surface area contributed by atoms with Crippen LogP contribution in [-0.4, -0.2) is 74.3 Å². The van der Waals surface area contributed by atoms with Crippen LogP contribution in [0.2, 0.25) is 0 Å². The third-order valence-corrected chi connectivity index (χ3v) is 14.4. The lowest BCUT2D eigenvalue weighted by molar-refractivity contribution is -0.870. The van der Waals surface area contributed by atoms with Gasteiger partial charge in [0.05, 0.1) is 33.8 Å². The van der Waals surface area contributed by atoms with Gasteiger partial charge in [0.2, 0.25) is 5.91 Å². The third kappa shape index (κ3) is 58.9. The second-order valence-corrected chi connectivity index (χ2v) is 23.6. The number of rotatable bonds is 56. The minimum absolute atomic E-state index is 0.0266. The molecule has 2 N–H and O–H groups in total. The molecule has 0 rings (SSSR count). The van der Waals surface area contributed by atoms with Crippen LogP contribution in [0.4, 0.5) is 0 Å². The first-order valence-corrected chi connectivity index (χ1v) is 33.4. The molecule has 0 bridgehead atoms. The number of allylic oxidation sites excluding steroid dienone is 19. The molecular weight excluding hydrogens is 1000 g/mol. The molecule has 9 nitrogen and oxygen atoms in total. The van der Waals surface area contributed by atoms with Gasteiger partial charge in [-0.25, -0.2) is 4.57 Å². The smallest absolute Gasteiger partial charge is 0.456 e. The van der Waals surface area contributed by atoms with E-state index in [0.29, 0.717) is 23.9 Å². The van der Waals surface area contributed by atoms with Crippen molar-refractivity contribution in [1.29, 1.82) is 0 Å². The lowest BCUT2D eigenvalue weighted by atomic mass is 10.1. The van der Waals surface area contributed by atoms with Crippen LogP contribution in [0.5, 0.6) is 0 Å². The zero-order chi connectivity index (χ0) is 57.9. The van der Waals surface area contributed by atoms with Gasteiger partial charge in [-0.3, -0.25) is 18.6 Å². The number of hydrogen-bond acceptors (Lipinski definition) is 6. The summed E-state index contributed by atoms with van der Waals surface area (Å²) < 4.78 is 30.7. The second kappa shape index (κ2) is 57.6. The number of likely N-dealkylation sites (N-methyl/N-ethyl adjacent to an activating group) is 1. The number of esters is 1. The van der Waals surface area contributed by atoms with Gasteiger partial charge in [-0.05, 0) is 122 Å². The van der Waals surface area contributed by atoms with Crippen LogP contribution in [0.1, 0.15) is 252 Å². The number of amides is 1. The van der Waals surface area contributed by atoms with Gasteiger partial charge >= 0.3 is 13.8 Å². The average molecular weight is 1120 g/mol. The van der Waals surface area contributed by atoms with Crippen molar-refractivity contribution >= 4 is 19.7 Å². The van der Waals surface area contributed by atoms with Crippen molar-refractivity contribution < 1.29 is 37.3 Å². The molecule has 0 aromatic carbocycles. The zero-order valence-electron chi connectivity index (χ0n) is 51.6. The molecular formula is C69H120N2O7P+. The van der Waals surface area contributed by atoms with Crippen molar-refractivity contribution in [3.63, 3.8) is 0 Å². The number of unbranched alkanes of at least 4 members (excludes halogenated alkanes) is 22. The Labute approximate surface area is 486 Å². The van der Waals surface area contributed by atoms with Gasteiger partial charge in [-0.1, -0.05) is 239 Å². The van der Waals surface area contributed by atoms with Crippen molar-refractivity contribution in [2.24, 2.45) is 0 Å². The Morgan fingerprint density at radius 2 is 0.810 bits per heavy atom. The average Bonchev–Trinajstić information content (AvgIpc) is 3.41. The van der Waals surface area contributed by atoms with Crippen molar-refractivity contribution in [2.45, 2.75) is 264 Å². The standard InChI is InChI=1S/C69H119N2O7P/c1-7-10-13-16-19-22-25-27-29-31-32-33-34-35-36-37-38-40-41-43-46-49-52-55-58-61-68(72)70-66(65-77-79(74,75)76-64-63-71(4,5)6)67(60-57-54-51-48-45-24-21-18-15-12-9-3)78-69(73)62-59-56-53-50-47-44-42-39-30-28-26-23-20-17-14-11-8-2/h10,13,19-20,22-23,27-30,32-33,35-36,38,40,42,44,57,60,66-67H,7-9,11-12,14-18,21,24-26,31,34,37,39,41,43,45-56,58-59,61-65H2,1-6H3,(H-,70,72,74,75)/p+1/b13-10-,22-19-,23-20-,29-27-,30-28-,33-32-,36-35-,40-38-,44-42-,60-57-. The fourth-order valence-electron chi connectivity index (χ4n) is 8.48. The maximum atomic E-state index is 13.6. The van der Waals surface area contributed by atoms with E-state index in [1.54, 1.807) is 0 Å². The van der Waals surface area contributed by atoms with Crippen LogP contribution in [-0.2, 0) is 27.9 Å². The van der Waals surface area contributed by atoms with Gasteiger partial charge in [0.1, 0.15) is 19.3 Å². The summed E-state index contributed by atoms with van der Waals surface area (Å²) in [4.78, 5) is 37.7. The summed E-state index contributed by atoms with van der Waals surface area (Å²) in [6.07, 6.45) is 80.5. The molecule has 10 heteroatoms. The van der Waals surface area contributed by atoms with Crippen LogP contribution < -0.4 is 5.32 Å². The summed E-state index contributed by atoms with van der Waals surface area (Å²) in [5.41, 5.74) is 0. The van der Waals surface area contributed by atoms with E-state index in [4.69, 9.17) is 13.8 Å². The molecule has 3 atom stereocenters. The summed E-state index contributed by atoms with van der Waals surface area (Å²) in [7, 11) is 1.45. The number of quaternary nitrogens is 1. The summed E-state index contributed by atoms with van der Waals surface area (Å²) >= 11 is 0. The molecule has 1 amide bonds. The summed E-state index contributed by atoms with van der Waals surface area (Å²) in [5, 5.41) is 3.04. The summed E-state index contributed by atoms with van der Waals surface area (Å²) in [5.74, 6) is -0.555. The van der Waals surface area contributed by atoms with Crippen molar-refractivity contribution in [2.75, 3.05) is 40.9 Å². The quantitative estimate of drug-likeness (QED) is 0.0205. The van der Waals surface area contributed by atoms with Crippen molar-refractivity contribution in [3.8, 4) is 0 Å². The van der Waals surface area contributed by atoms with Crippen LogP contribution >= 0.6 is 7.82 Å². The minimum Gasteiger partial charge on any atom is -0.456 e. The molecule has 0 saturated carbocycles. The van der Waals surface area contributed by atoms with E-state index in [-0.39, 0.29) is 31.5 Å². The number of nitrogens with one attached hydrogen (secondary N) is 1. The second-order valence-electron chi connectivity index (χ2n) is 22.2. The van der Waals surface area contributed by atoms with Crippen LogP contribution in [0.25, 0.3) is 0 Å². The number of ether oxygens (including phenoxy) is 1. The highest BCUT2D eigenvalue weighted by molar-refractivity contribution is 7.47. The molecule has 79 heavy (non-hydrogen) atoms. The van der Waals surface area contributed by atoms with Crippen molar-refractivity contribution in [1.82, 2.24) is 5.32 Å². The van der Waals surface area contributed by atoms with Gasteiger partial charge in [-0.15, -0.1) is 0 Å². The Morgan fingerprint density at radius 3 is 1.24 bits per heavy atom. The largest absolute Gasteiger partial charge is 0.472 e. The molecule has 0 aliphatic rings. The highest BCUT2D eigenvalue weighted by atomic mass is 31.2. The number of carbonyl (C=O) groups excluding carboxylic acids is 2. The Kier molecular flexibility index (Phi) is 55.0. The zero-order valence-corrected chi connectivity index (χ0v) is 52.5. The third-order valence-electron chi connectivity index (χ3n) is 13.4. The molecule has 0 fully saturated rings. The van der Waals surface area contributed by atoms with Gasteiger partial charge in [0, 0.05) is 12.8 Å². The topological polar surface area (TPSA) is 111 Å². The Hall–Kier alpha value is -3.59. The highest BCUT2D eigenvalue weighted by Gasteiger charge is 2.30. The molecule has 452 valence electrons. The Morgan fingerprint density at radius 1 is 0.456 bits per heavy atom. The van der Waals surface area contributed by atoms with Crippen LogP contribution in [0.15, 0.2) is 122 Å². The predicted octanol–water partition coefficient (Wildman–Crippen LogP) is 19.9. The lowest BCUT2D eigenvalue weighted by Crippen LogP contribution is -2.47. The SMILES string of the molecule is CC/C=C\C/C=C\C/C=C\C/C=C\C/C=C\C/C=C\CCCCCCCCC(=O)NC(COP(=O)(O)OCC[N+](C)(C)C)C(/C=C\CCCCCCCCCCC)OC(=O)CCCCCC/C=C\C/C=C\C/C=C\CCCCC.